The van der Waals surface area contributed by atoms with Gasteiger partial charge in [0, 0.05) is 20.2 Å². The van der Waals surface area contributed by atoms with Crippen LogP contribution in [0.15, 0.2) is 0 Å². The molecule has 5 nitrogen and oxygen atoms in total. The van der Waals surface area contributed by atoms with Crippen molar-refractivity contribution in [3.05, 3.63) is 5.69 Å². The number of hydrogen-bond acceptors (Lipinski definition) is 4. The van der Waals surface area contributed by atoms with Crippen LogP contribution in [0.4, 0.5) is 11.5 Å². The summed E-state index contributed by atoms with van der Waals surface area (Å²) < 4.78 is 7.53. The van der Waals surface area contributed by atoms with Crippen LogP contribution in [0.1, 0.15) is 44.7 Å². The normalized spacial score (nSPS) is 20.3. The molecule has 0 spiro atoms. The van der Waals surface area contributed by atoms with E-state index in [0.29, 0.717) is 12.0 Å². The second-order valence-electron chi connectivity index (χ2n) is 5.30. The van der Waals surface area contributed by atoms with Crippen LogP contribution in [-0.4, -0.2) is 29.0 Å². The van der Waals surface area contributed by atoms with Crippen LogP contribution in [0.3, 0.4) is 0 Å². The zero-order valence-corrected chi connectivity index (χ0v) is 11.6. The largest absolute Gasteiger partial charge is 0.394 e. The molecular weight excluding hydrogens is 228 g/mol. The molecule has 0 amide bonds. The molecule has 0 aliphatic carbocycles. The zero-order valence-electron chi connectivity index (χ0n) is 11.6. The third-order valence-electron chi connectivity index (χ3n) is 3.43. The molecule has 102 valence electrons. The molecule has 1 atom stereocenters. The molecule has 0 radical (unpaired) electrons. The van der Waals surface area contributed by atoms with E-state index in [1.807, 2.05) is 11.7 Å². The lowest BCUT2D eigenvalue weighted by atomic mass is 10.1. The van der Waals surface area contributed by atoms with E-state index in [0.717, 1.165) is 36.8 Å². The molecule has 1 aromatic heterocycles. The second-order valence-corrected chi connectivity index (χ2v) is 5.30. The summed E-state index contributed by atoms with van der Waals surface area (Å²) in [4.78, 5) is 0. The van der Waals surface area contributed by atoms with Gasteiger partial charge in [0.15, 0.2) is 0 Å². The van der Waals surface area contributed by atoms with E-state index in [9.17, 15) is 0 Å². The molecule has 5 heteroatoms. The highest BCUT2D eigenvalue weighted by Crippen LogP contribution is 2.27. The van der Waals surface area contributed by atoms with E-state index in [4.69, 9.17) is 10.5 Å². The SMILES string of the molecule is CC(C)c1nn(C)c(NCC2CCCCO2)c1N. The van der Waals surface area contributed by atoms with Crippen molar-refractivity contribution in [2.45, 2.75) is 45.1 Å². The minimum Gasteiger partial charge on any atom is -0.394 e. The molecular formula is C13H24N4O. The molecule has 2 heterocycles. The highest BCUT2D eigenvalue weighted by molar-refractivity contribution is 5.65. The van der Waals surface area contributed by atoms with E-state index in [2.05, 4.69) is 24.3 Å². The van der Waals surface area contributed by atoms with E-state index in [1.54, 1.807) is 0 Å². The number of hydrogen-bond donors (Lipinski definition) is 2. The smallest absolute Gasteiger partial charge is 0.147 e. The summed E-state index contributed by atoms with van der Waals surface area (Å²) >= 11 is 0. The van der Waals surface area contributed by atoms with Crippen molar-refractivity contribution in [2.24, 2.45) is 7.05 Å². The Kier molecular flexibility index (Phi) is 4.11. The maximum Gasteiger partial charge on any atom is 0.147 e. The van der Waals surface area contributed by atoms with E-state index in [1.165, 1.54) is 12.8 Å². The number of nitrogens with zero attached hydrogens (tertiary/aromatic N) is 2. The molecule has 1 saturated heterocycles. The van der Waals surface area contributed by atoms with Gasteiger partial charge in [-0.3, -0.25) is 4.68 Å². The molecule has 1 fully saturated rings. The number of ether oxygens (including phenoxy) is 1. The average Bonchev–Trinajstić information content (AvgIpc) is 2.64. The van der Waals surface area contributed by atoms with Crippen LogP contribution in [-0.2, 0) is 11.8 Å². The summed E-state index contributed by atoms with van der Waals surface area (Å²) in [6.07, 6.45) is 3.87. The van der Waals surface area contributed by atoms with E-state index in [-0.39, 0.29) is 0 Å². The first kappa shape index (κ1) is 13.2. The molecule has 18 heavy (non-hydrogen) atoms. The Hall–Kier alpha value is -1.23. The number of nitrogens with two attached hydrogens (primary N) is 1. The molecule has 0 bridgehead atoms. The van der Waals surface area contributed by atoms with Gasteiger partial charge in [-0.15, -0.1) is 0 Å². The predicted octanol–water partition coefficient (Wildman–Crippen LogP) is 2.11. The van der Waals surface area contributed by atoms with Crippen LogP contribution in [0.2, 0.25) is 0 Å². The summed E-state index contributed by atoms with van der Waals surface area (Å²) in [5, 5.41) is 7.84. The Balaban J connectivity index is 2.00. The standard InChI is InChI=1S/C13H24N4O/c1-9(2)12-11(14)13(17(3)16-12)15-8-10-6-4-5-7-18-10/h9-10,15H,4-8,14H2,1-3H3. The van der Waals surface area contributed by atoms with Crippen LogP contribution >= 0.6 is 0 Å². The summed E-state index contributed by atoms with van der Waals surface area (Å²) in [5.41, 5.74) is 7.86. The highest BCUT2D eigenvalue weighted by Gasteiger charge is 2.18. The first-order valence-corrected chi connectivity index (χ1v) is 6.77. The third-order valence-corrected chi connectivity index (χ3v) is 3.43. The van der Waals surface area contributed by atoms with Crippen LogP contribution < -0.4 is 11.1 Å². The fourth-order valence-electron chi connectivity index (χ4n) is 2.38. The quantitative estimate of drug-likeness (QED) is 0.861. The van der Waals surface area contributed by atoms with Crippen molar-refractivity contribution >= 4 is 11.5 Å². The molecule has 0 saturated carbocycles. The fourth-order valence-corrected chi connectivity index (χ4v) is 2.38. The van der Waals surface area contributed by atoms with Crippen molar-refractivity contribution in [2.75, 3.05) is 24.2 Å². The third kappa shape index (κ3) is 2.77. The zero-order chi connectivity index (χ0) is 13.1. The number of anilines is 2. The Morgan fingerprint density at radius 2 is 2.28 bits per heavy atom. The molecule has 1 aromatic rings. The monoisotopic (exact) mass is 252 g/mol. The minimum absolute atomic E-state index is 0.301. The molecule has 2 rings (SSSR count). The summed E-state index contributed by atoms with van der Waals surface area (Å²) in [6, 6.07) is 0. The van der Waals surface area contributed by atoms with E-state index < -0.39 is 0 Å². The van der Waals surface area contributed by atoms with Gasteiger partial charge in [0.2, 0.25) is 0 Å². The summed E-state index contributed by atoms with van der Waals surface area (Å²) in [6.45, 7) is 5.89. The summed E-state index contributed by atoms with van der Waals surface area (Å²) in [7, 11) is 1.92. The van der Waals surface area contributed by atoms with E-state index >= 15 is 0 Å². The Morgan fingerprint density at radius 3 is 2.83 bits per heavy atom. The Bertz CT molecular complexity index is 394. The predicted molar refractivity (Wildman–Crippen MR) is 73.8 cm³/mol. The first-order chi connectivity index (χ1) is 8.59. The van der Waals surface area contributed by atoms with Crippen molar-refractivity contribution in [3.8, 4) is 0 Å². The topological polar surface area (TPSA) is 65.1 Å². The average molecular weight is 252 g/mol. The van der Waals surface area contributed by atoms with Gasteiger partial charge in [0.05, 0.1) is 17.5 Å². The van der Waals surface area contributed by atoms with Crippen LogP contribution in [0.5, 0.6) is 0 Å². The van der Waals surface area contributed by atoms with Gasteiger partial charge in [-0.05, 0) is 25.2 Å². The molecule has 3 N–H and O–H groups in total. The molecule has 1 aliphatic rings. The highest BCUT2D eigenvalue weighted by atomic mass is 16.5. The lowest BCUT2D eigenvalue weighted by molar-refractivity contribution is 0.0247. The molecule has 0 aromatic carbocycles. The van der Waals surface area contributed by atoms with Crippen molar-refractivity contribution in [1.29, 1.82) is 0 Å². The number of nitrogen functional groups attached to an aromatic ring is 1. The Morgan fingerprint density at radius 1 is 1.50 bits per heavy atom. The lowest BCUT2D eigenvalue weighted by Crippen LogP contribution is -2.27. The number of rotatable bonds is 4. The van der Waals surface area contributed by atoms with Crippen molar-refractivity contribution < 1.29 is 4.74 Å². The van der Waals surface area contributed by atoms with Crippen LogP contribution in [0, 0.1) is 0 Å². The molecule has 1 aliphatic heterocycles. The van der Waals surface area contributed by atoms with Gasteiger partial charge < -0.3 is 15.8 Å². The number of aryl methyl sites for hydroxylation is 1. The van der Waals surface area contributed by atoms with Crippen molar-refractivity contribution in [3.63, 3.8) is 0 Å². The van der Waals surface area contributed by atoms with Crippen molar-refractivity contribution in [1.82, 2.24) is 9.78 Å². The van der Waals surface area contributed by atoms with Crippen LogP contribution in [0.25, 0.3) is 0 Å². The van der Waals surface area contributed by atoms with Gasteiger partial charge in [-0.25, -0.2) is 0 Å². The maximum absolute atomic E-state index is 6.13. The van der Waals surface area contributed by atoms with Gasteiger partial charge >= 0.3 is 0 Å². The molecule has 1 unspecified atom stereocenters. The van der Waals surface area contributed by atoms with Gasteiger partial charge in [0.1, 0.15) is 5.82 Å². The number of aromatic nitrogens is 2. The fraction of sp³-hybridized carbons (Fsp3) is 0.769. The number of nitrogens with one attached hydrogen (secondary N) is 1. The van der Waals surface area contributed by atoms with Gasteiger partial charge in [0.25, 0.3) is 0 Å². The first-order valence-electron chi connectivity index (χ1n) is 6.77. The Labute approximate surface area is 109 Å². The summed E-state index contributed by atoms with van der Waals surface area (Å²) in [5.74, 6) is 1.26. The maximum atomic E-state index is 6.13. The van der Waals surface area contributed by atoms with Gasteiger partial charge in [-0.2, -0.15) is 5.10 Å². The second kappa shape index (κ2) is 5.61. The minimum atomic E-state index is 0.301. The van der Waals surface area contributed by atoms with Gasteiger partial charge in [-0.1, -0.05) is 13.8 Å². The lowest BCUT2D eigenvalue weighted by Gasteiger charge is -2.23.